The van der Waals surface area contributed by atoms with Crippen LogP contribution >= 0.6 is 22.6 Å². The normalized spacial score (nSPS) is 16.0. The summed E-state index contributed by atoms with van der Waals surface area (Å²) in [4.78, 5) is 16.7. The first-order valence-corrected chi connectivity index (χ1v) is 10.7. The number of halogens is 6. The number of nitrogens with zero attached hydrogens (tertiary/aromatic N) is 2. The van der Waals surface area contributed by atoms with Gasteiger partial charge >= 0.3 is 6.18 Å². The highest BCUT2D eigenvalue weighted by molar-refractivity contribution is 14.1. The van der Waals surface area contributed by atoms with E-state index in [0.717, 1.165) is 21.3 Å². The van der Waals surface area contributed by atoms with Crippen LogP contribution in [0.1, 0.15) is 45.9 Å². The Kier molecular flexibility index (Phi) is 5.76. The Morgan fingerprint density at radius 1 is 1.19 bits per heavy atom. The van der Waals surface area contributed by atoms with Gasteiger partial charge in [-0.05, 0) is 65.4 Å². The molecule has 0 spiro atoms. The number of hydrogen-bond donors (Lipinski definition) is 1. The van der Waals surface area contributed by atoms with Crippen molar-refractivity contribution in [3.05, 3.63) is 74.9 Å². The third-order valence-corrected chi connectivity index (χ3v) is 6.51. The lowest BCUT2D eigenvalue weighted by molar-refractivity contribution is -0.137. The van der Waals surface area contributed by atoms with Gasteiger partial charge in [0.2, 0.25) is 5.92 Å². The van der Waals surface area contributed by atoms with Gasteiger partial charge in [0, 0.05) is 45.5 Å². The van der Waals surface area contributed by atoms with Crippen molar-refractivity contribution in [2.24, 2.45) is 0 Å². The fourth-order valence-corrected chi connectivity index (χ4v) is 4.01. The third kappa shape index (κ3) is 4.79. The zero-order valence-corrected chi connectivity index (χ0v) is 18.8. The highest BCUT2D eigenvalue weighted by Gasteiger charge is 2.46. The molecule has 1 aliphatic carbocycles. The first-order valence-electron chi connectivity index (χ1n) is 9.63. The van der Waals surface area contributed by atoms with Crippen LogP contribution in [0.4, 0.5) is 27.6 Å². The molecule has 0 saturated heterocycles. The molecule has 1 aliphatic rings. The van der Waals surface area contributed by atoms with Crippen LogP contribution in [0.25, 0.3) is 5.69 Å². The van der Waals surface area contributed by atoms with Crippen LogP contribution in [0.5, 0.6) is 0 Å². The molecule has 168 valence electrons. The minimum atomic E-state index is -4.64. The molecule has 0 bridgehead atoms. The number of benzene rings is 2. The molecule has 1 N–H and O–H groups in total. The summed E-state index contributed by atoms with van der Waals surface area (Å²) in [6, 6.07) is 8.16. The Labute approximate surface area is 194 Å². The van der Waals surface area contributed by atoms with Gasteiger partial charge in [0.15, 0.2) is 0 Å². The Morgan fingerprint density at radius 2 is 1.91 bits per heavy atom. The monoisotopic (exact) mass is 561 g/mol. The van der Waals surface area contributed by atoms with E-state index in [9.17, 15) is 26.7 Å². The van der Waals surface area contributed by atoms with E-state index in [1.54, 1.807) is 18.2 Å². The molecule has 1 saturated carbocycles. The fourth-order valence-electron chi connectivity index (χ4n) is 3.49. The maximum absolute atomic E-state index is 13.5. The average molecular weight is 561 g/mol. The van der Waals surface area contributed by atoms with Crippen molar-refractivity contribution in [2.75, 3.05) is 5.32 Å². The van der Waals surface area contributed by atoms with Crippen LogP contribution < -0.4 is 5.32 Å². The molecule has 1 amide bonds. The second-order valence-electron chi connectivity index (χ2n) is 7.85. The molecule has 10 heteroatoms. The van der Waals surface area contributed by atoms with Gasteiger partial charge in [0.25, 0.3) is 5.91 Å². The summed E-state index contributed by atoms with van der Waals surface area (Å²) >= 11 is 2.07. The third-order valence-electron chi connectivity index (χ3n) is 5.35. The molecule has 1 heterocycles. The van der Waals surface area contributed by atoms with E-state index < -0.39 is 29.5 Å². The number of rotatable bonds is 4. The molecule has 0 atom stereocenters. The second-order valence-corrected chi connectivity index (χ2v) is 9.01. The SMILES string of the molecule is Cc1ccc(C(=O)Nc2cc(-n3cnc(C4CC(F)(F)C4)c3)cc(C(F)(F)F)c2)cc1I. The van der Waals surface area contributed by atoms with Gasteiger partial charge < -0.3 is 9.88 Å². The molecule has 4 rings (SSSR count). The van der Waals surface area contributed by atoms with E-state index in [1.807, 2.05) is 6.92 Å². The molecule has 1 aromatic heterocycles. The summed E-state index contributed by atoms with van der Waals surface area (Å²) in [5.74, 6) is -3.70. The van der Waals surface area contributed by atoms with E-state index in [-0.39, 0.29) is 24.2 Å². The van der Waals surface area contributed by atoms with Crippen LogP contribution in [0.15, 0.2) is 48.9 Å². The Hall–Kier alpha value is -2.50. The van der Waals surface area contributed by atoms with Crippen molar-refractivity contribution in [3.8, 4) is 5.69 Å². The standard InChI is InChI=1S/C22H17F5IN3O/c1-12-2-3-13(4-18(12)28)20(32)30-16-5-15(22(25,26)27)6-17(7-16)31-10-19(29-11-31)14-8-21(23,24)9-14/h2-7,10-11,14H,8-9H2,1H3,(H,30,32). The van der Waals surface area contributed by atoms with Gasteiger partial charge in [-0.2, -0.15) is 13.2 Å². The second kappa shape index (κ2) is 8.13. The predicted octanol–water partition coefficient (Wildman–Crippen LogP) is 6.57. The molecule has 3 aromatic rings. The highest BCUT2D eigenvalue weighted by atomic mass is 127. The number of aryl methyl sites for hydroxylation is 1. The molecule has 0 aliphatic heterocycles. The number of anilines is 1. The van der Waals surface area contributed by atoms with Crippen LogP contribution in [-0.2, 0) is 6.18 Å². The number of amides is 1. The molecule has 2 aromatic carbocycles. The van der Waals surface area contributed by atoms with Crippen molar-refractivity contribution >= 4 is 34.2 Å². The van der Waals surface area contributed by atoms with E-state index in [1.165, 1.54) is 23.2 Å². The number of nitrogens with one attached hydrogen (secondary N) is 1. The van der Waals surface area contributed by atoms with E-state index in [4.69, 9.17) is 0 Å². The van der Waals surface area contributed by atoms with E-state index in [0.29, 0.717) is 11.3 Å². The summed E-state index contributed by atoms with van der Waals surface area (Å²) in [5.41, 5.74) is 0.806. The van der Waals surface area contributed by atoms with Crippen LogP contribution in [0.2, 0.25) is 0 Å². The molecule has 32 heavy (non-hydrogen) atoms. The summed E-state index contributed by atoms with van der Waals surface area (Å²) in [7, 11) is 0. The van der Waals surface area contributed by atoms with Gasteiger partial charge in [-0.25, -0.2) is 13.8 Å². The molecule has 0 radical (unpaired) electrons. The van der Waals surface area contributed by atoms with Crippen molar-refractivity contribution in [1.29, 1.82) is 0 Å². The van der Waals surface area contributed by atoms with Gasteiger partial charge in [-0.1, -0.05) is 6.07 Å². The van der Waals surface area contributed by atoms with Gasteiger partial charge in [-0.3, -0.25) is 4.79 Å². The molecular formula is C22H17F5IN3O. The largest absolute Gasteiger partial charge is 0.416 e. The Balaban J connectivity index is 1.64. The van der Waals surface area contributed by atoms with Crippen LogP contribution in [0, 0.1) is 10.5 Å². The van der Waals surface area contributed by atoms with Crippen molar-refractivity contribution < 1.29 is 26.7 Å². The first kappa shape index (κ1) is 22.7. The smallest absolute Gasteiger partial charge is 0.322 e. The average Bonchev–Trinajstić information content (AvgIpc) is 3.17. The van der Waals surface area contributed by atoms with E-state index in [2.05, 4.69) is 32.9 Å². The summed E-state index contributed by atoms with van der Waals surface area (Å²) in [6.45, 7) is 1.88. The van der Waals surface area contributed by atoms with Crippen LogP contribution in [0.3, 0.4) is 0 Å². The number of carbonyl (C=O) groups excluding carboxylic acids is 1. The number of alkyl halides is 5. The van der Waals surface area contributed by atoms with Crippen molar-refractivity contribution in [2.45, 2.75) is 37.8 Å². The highest BCUT2D eigenvalue weighted by Crippen LogP contribution is 2.47. The number of hydrogen-bond acceptors (Lipinski definition) is 2. The topological polar surface area (TPSA) is 46.9 Å². The zero-order valence-electron chi connectivity index (χ0n) is 16.7. The van der Waals surface area contributed by atoms with Gasteiger partial charge in [0.05, 0.1) is 17.6 Å². The zero-order chi connectivity index (χ0) is 23.3. The predicted molar refractivity (Wildman–Crippen MR) is 117 cm³/mol. The van der Waals surface area contributed by atoms with Crippen molar-refractivity contribution in [1.82, 2.24) is 9.55 Å². The summed E-state index contributed by atoms with van der Waals surface area (Å²) in [6.07, 6.45) is -2.57. The van der Waals surface area contributed by atoms with E-state index >= 15 is 0 Å². The quantitative estimate of drug-likeness (QED) is 0.290. The number of carbonyl (C=O) groups is 1. The molecular weight excluding hydrogens is 544 g/mol. The molecule has 1 fully saturated rings. The first-order chi connectivity index (χ1) is 14.9. The number of aromatic nitrogens is 2. The van der Waals surface area contributed by atoms with Crippen LogP contribution in [-0.4, -0.2) is 21.4 Å². The lowest BCUT2D eigenvalue weighted by Crippen LogP contribution is -2.33. The molecule has 0 unspecified atom stereocenters. The number of imidazole rings is 1. The minimum Gasteiger partial charge on any atom is -0.322 e. The lowest BCUT2D eigenvalue weighted by atomic mass is 9.79. The molecule has 4 nitrogen and oxygen atoms in total. The Morgan fingerprint density at radius 3 is 2.53 bits per heavy atom. The fraction of sp³-hybridized carbons (Fsp3) is 0.273. The van der Waals surface area contributed by atoms with Gasteiger partial charge in [0.1, 0.15) is 0 Å². The lowest BCUT2D eigenvalue weighted by Gasteiger charge is -2.33. The Bertz CT molecular complexity index is 1180. The minimum absolute atomic E-state index is 0.0409. The summed E-state index contributed by atoms with van der Waals surface area (Å²) < 4.78 is 68.9. The summed E-state index contributed by atoms with van der Waals surface area (Å²) in [5, 5.41) is 2.52. The maximum Gasteiger partial charge on any atom is 0.416 e. The maximum atomic E-state index is 13.5. The van der Waals surface area contributed by atoms with Crippen molar-refractivity contribution in [3.63, 3.8) is 0 Å². The van der Waals surface area contributed by atoms with Gasteiger partial charge in [-0.15, -0.1) is 0 Å².